The maximum Gasteiger partial charge on any atom is 0.224 e. The Morgan fingerprint density at radius 3 is 2.48 bits per heavy atom. The average Bonchev–Trinajstić information content (AvgIpc) is 2.90. The first kappa shape index (κ1) is 17.4. The van der Waals surface area contributed by atoms with Gasteiger partial charge in [0, 0.05) is 35.6 Å². The zero-order valence-corrected chi connectivity index (χ0v) is 15.5. The van der Waals surface area contributed by atoms with Crippen LogP contribution >= 0.6 is 0 Å². The third kappa shape index (κ3) is 3.13. The van der Waals surface area contributed by atoms with Gasteiger partial charge in [-0.15, -0.1) is 0 Å². The highest BCUT2D eigenvalue weighted by Gasteiger charge is 2.32. The highest BCUT2D eigenvalue weighted by Crippen LogP contribution is 2.43. The summed E-state index contributed by atoms with van der Waals surface area (Å²) in [7, 11) is -3.48. The van der Waals surface area contributed by atoms with Crippen molar-refractivity contribution >= 4 is 21.4 Å². The van der Waals surface area contributed by atoms with E-state index >= 15 is 0 Å². The SMILES string of the molecule is CC(CC(=O)Nc1ccc2c(c1)-c1ccccc1S2(=O)=O)c1ccncc1. The van der Waals surface area contributed by atoms with E-state index in [2.05, 4.69) is 10.3 Å². The molecule has 2 aromatic carbocycles. The van der Waals surface area contributed by atoms with Gasteiger partial charge >= 0.3 is 0 Å². The second kappa shape index (κ2) is 6.63. The second-order valence-corrected chi connectivity index (χ2v) is 8.53. The van der Waals surface area contributed by atoms with Gasteiger partial charge in [-0.1, -0.05) is 25.1 Å². The zero-order valence-electron chi connectivity index (χ0n) is 14.7. The molecule has 6 heteroatoms. The van der Waals surface area contributed by atoms with Crippen molar-refractivity contribution in [3.05, 3.63) is 72.6 Å². The van der Waals surface area contributed by atoms with E-state index in [0.717, 1.165) is 5.56 Å². The molecule has 2 heterocycles. The van der Waals surface area contributed by atoms with E-state index in [0.29, 0.717) is 28.1 Å². The van der Waals surface area contributed by atoms with E-state index < -0.39 is 9.84 Å². The highest BCUT2D eigenvalue weighted by atomic mass is 32.2. The Morgan fingerprint density at radius 1 is 1.00 bits per heavy atom. The van der Waals surface area contributed by atoms with Crippen molar-refractivity contribution < 1.29 is 13.2 Å². The number of hydrogen-bond acceptors (Lipinski definition) is 4. The smallest absolute Gasteiger partial charge is 0.224 e. The van der Waals surface area contributed by atoms with Gasteiger partial charge in [0.05, 0.1) is 9.79 Å². The van der Waals surface area contributed by atoms with Gasteiger partial charge in [0.2, 0.25) is 15.7 Å². The number of nitrogens with one attached hydrogen (secondary N) is 1. The summed E-state index contributed by atoms with van der Waals surface area (Å²) in [5, 5.41) is 2.88. The third-order valence-electron chi connectivity index (χ3n) is 4.79. The predicted octanol–water partition coefficient (Wildman–Crippen LogP) is 4.03. The largest absolute Gasteiger partial charge is 0.326 e. The standard InChI is InChI=1S/C21H18N2O3S/c1-14(15-8-10-22-11-9-15)12-21(24)23-16-6-7-20-18(13-16)17-4-2-3-5-19(17)27(20,25)26/h2-11,13-14H,12H2,1H3,(H,23,24). The summed E-state index contributed by atoms with van der Waals surface area (Å²) < 4.78 is 25.2. The van der Waals surface area contributed by atoms with Gasteiger partial charge in [0.1, 0.15) is 0 Å². The van der Waals surface area contributed by atoms with Crippen LogP contribution in [-0.2, 0) is 14.6 Å². The summed E-state index contributed by atoms with van der Waals surface area (Å²) >= 11 is 0. The maximum absolute atomic E-state index is 12.6. The molecule has 0 fully saturated rings. The van der Waals surface area contributed by atoms with Gasteiger partial charge in [-0.2, -0.15) is 0 Å². The molecule has 1 atom stereocenters. The minimum absolute atomic E-state index is 0.0588. The molecule has 1 aromatic heterocycles. The fourth-order valence-electron chi connectivity index (χ4n) is 3.39. The van der Waals surface area contributed by atoms with Crippen LogP contribution in [0.5, 0.6) is 0 Å². The summed E-state index contributed by atoms with van der Waals surface area (Å²) in [4.78, 5) is 17.0. The lowest BCUT2D eigenvalue weighted by Crippen LogP contribution is -2.14. The molecule has 0 aliphatic carbocycles. The number of fused-ring (bicyclic) bond motifs is 3. The Balaban J connectivity index is 1.57. The molecule has 0 radical (unpaired) electrons. The molecule has 1 amide bonds. The molecule has 1 aliphatic heterocycles. The average molecular weight is 378 g/mol. The van der Waals surface area contributed by atoms with E-state index in [9.17, 15) is 13.2 Å². The van der Waals surface area contributed by atoms with Crippen LogP contribution in [0.4, 0.5) is 5.69 Å². The monoisotopic (exact) mass is 378 g/mol. The molecule has 4 rings (SSSR count). The van der Waals surface area contributed by atoms with E-state index in [1.807, 2.05) is 25.1 Å². The first-order valence-corrected chi connectivity index (χ1v) is 10.1. The van der Waals surface area contributed by atoms with E-state index in [4.69, 9.17) is 0 Å². The van der Waals surface area contributed by atoms with Crippen molar-refractivity contribution in [1.29, 1.82) is 0 Å². The number of sulfone groups is 1. The normalized spacial score (nSPS) is 14.9. The molecule has 0 bridgehead atoms. The van der Waals surface area contributed by atoms with E-state index in [-0.39, 0.29) is 16.7 Å². The fourth-order valence-corrected chi connectivity index (χ4v) is 5.06. The Hall–Kier alpha value is -2.99. The van der Waals surface area contributed by atoms with Crippen molar-refractivity contribution in [1.82, 2.24) is 4.98 Å². The Kier molecular flexibility index (Phi) is 4.28. The lowest BCUT2D eigenvalue weighted by atomic mass is 9.98. The molecule has 1 aliphatic rings. The quantitative estimate of drug-likeness (QED) is 0.582. The number of rotatable bonds is 4. The molecular formula is C21H18N2O3S. The lowest BCUT2D eigenvalue weighted by Gasteiger charge is -2.12. The van der Waals surface area contributed by atoms with Crippen LogP contribution < -0.4 is 5.32 Å². The summed E-state index contributed by atoms with van der Waals surface area (Å²) in [6.45, 7) is 1.99. The molecular weight excluding hydrogens is 360 g/mol. The maximum atomic E-state index is 12.6. The van der Waals surface area contributed by atoms with Crippen LogP contribution in [0.3, 0.4) is 0 Å². The van der Waals surface area contributed by atoms with Crippen LogP contribution in [0.2, 0.25) is 0 Å². The molecule has 0 spiro atoms. The van der Waals surface area contributed by atoms with E-state index in [1.54, 1.807) is 48.8 Å². The summed E-state index contributed by atoms with van der Waals surface area (Å²) in [6, 6.07) is 15.6. The van der Waals surface area contributed by atoms with Crippen molar-refractivity contribution in [2.45, 2.75) is 29.1 Å². The molecule has 27 heavy (non-hydrogen) atoms. The van der Waals surface area contributed by atoms with Gasteiger partial charge < -0.3 is 5.32 Å². The van der Waals surface area contributed by atoms with Gasteiger partial charge in [-0.05, 0) is 47.9 Å². The van der Waals surface area contributed by atoms with Crippen molar-refractivity contribution in [2.24, 2.45) is 0 Å². The van der Waals surface area contributed by atoms with Gasteiger partial charge in [0.15, 0.2) is 0 Å². The third-order valence-corrected chi connectivity index (χ3v) is 6.66. The summed E-state index contributed by atoms with van der Waals surface area (Å²) in [5.41, 5.74) is 2.95. The van der Waals surface area contributed by atoms with Crippen LogP contribution in [0, 0.1) is 0 Å². The molecule has 1 unspecified atom stereocenters. The molecule has 136 valence electrons. The Morgan fingerprint density at radius 2 is 1.70 bits per heavy atom. The molecule has 5 nitrogen and oxygen atoms in total. The first-order chi connectivity index (χ1) is 13.0. The van der Waals surface area contributed by atoms with Crippen LogP contribution in [0.1, 0.15) is 24.8 Å². The number of hydrogen-bond donors (Lipinski definition) is 1. The second-order valence-electron chi connectivity index (χ2n) is 6.64. The van der Waals surface area contributed by atoms with Crippen LogP contribution in [0.15, 0.2) is 76.8 Å². The van der Waals surface area contributed by atoms with Gasteiger partial charge in [-0.25, -0.2) is 8.42 Å². The Bertz CT molecular complexity index is 1130. The number of benzene rings is 2. The summed E-state index contributed by atoms with van der Waals surface area (Å²) in [5.74, 6) is -0.0584. The van der Waals surface area contributed by atoms with Gasteiger partial charge in [0.25, 0.3) is 0 Å². The topological polar surface area (TPSA) is 76.1 Å². The number of nitrogens with zero attached hydrogens (tertiary/aromatic N) is 1. The number of amides is 1. The number of aromatic nitrogens is 1. The Labute approximate surface area is 158 Å². The molecule has 3 aromatic rings. The number of anilines is 1. The number of pyridine rings is 1. The van der Waals surface area contributed by atoms with Crippen molar-refractivity contribution in [2.75, 3.05) is 5.32 Å². The number of carbonyl (C=O) groups is 1. The van der Waals surface area contributed by atoms with E-state index in [1.165, 1.54) is 0 Å². The summed E-state index contributed by atoms with van der Waals surface area (Å²) in [6.07, 6.45) is 3.75. The predicted molar refractivity (Wildman–Crippen MR) is 103 cm³/mol. The fraction of sp³-hybridized carbons (Fsp3) is 0.143. The van der Waals surface area contributed by atoms with Crippen LogP contribution in [0.25, 0.3) is 11.1 Å². The molecule has 1 N–H and O–H groups in total. The van der Waals surface area contributed by atoms with Crippen molar-refractivity contribution in [3.8, 4) is 11.1 Å². The minimum atomic E-state index is -3.48. The minimum Gasteiger partial charge on any atom is -0.326 e. The highest BCUT2D eigenvalue weighted by molar-refractivity contribution is 7.92. The zero-order chi connectivity index (χ0) is 19.0. The van der Waals surface area contributed by atoms with Gasteiger partial charge in [-0.3, -0.25) is 9.78 Å². The lowest BCUT2D eigenvalue weighted by molar-refractivity contribution is -0.116. The molecule has 0 saturated carbocycles. The van der Waals surface area contributed by atoms with Crippen LogP contribution in [-0.4, -0.2) is 19.3 Å². The number of carbonyl (C=O) groups excluding carboxylic acids is 1. The van der Waals surface area contributed by atoms with Crippen molar-refractivity contribution in [3.63, 3.8) is 0 Å². The first-order valence-electron chi connectivity index (χ1n) is 8.65. The molecule has 0 saturated heterocycles.